The number of benzene rings is 1. The molecule has 0 heterocycles. The van der Waals surface area contributed by atoms with E-state index in [2.05, 4.69) is 21.2 Å². The summed E-state index contributed by atoms with van der Waals surface area (Å²) in [6.07, 6.45) is 0. The molecule has 0 aromatic heterocycles. The number of rotatable bonds is 5. The van der Waals surface area contributed by atoms with E-state index in [0.29, 0.717) is 13.2 Å². The fraction of sp³-hybridized carbons (Fsp3) is 0.300. The molecular weight excluding hydrogens is 262 g/mol. The van der Waals surface area contributed by atoms with Gasteiger partial charge in [-0.15, -0.1) is 0 Å². The smallest absolute Gasteiger partial charge is 0.245 e. The summed E-state index contributed by atoms with van der Waals surface area (Å²) >= 11 is 3.32. The first-order chi connectivity index (χ1) is 7.22. The van der Waals surface area contributed by atoms with Crippen molar-refractivity contribution in [2.75, 3.05) is 19.8 Å². The van der Waals surface area contributed by atoms with Gasteiger partial charge in [0.25, 0.3) is 0 Å². The first kappa shape index (κ1) is 12.0. The van der Waals surface area contributed by atoms with Crippen LogP contribution in [0.4, 0.5) is 0 Å². The number of nitrogens with one attached hydrogen (secondary N) is 1. The Bertz CT molecular complexity index is 313. The van der Waals surface area contributed by atoms with Crippen molar-refractivity contribution in [1.82, 2.24) is 5.32 Å². The maximum Gasteiger partial charge on any atom is 0.245 e. The summed E-state index contributed by atoms with van der Waals surface area (Å²) in [6, 6.07) is 7.42. The third-order valence-corrected chi connectivity index (χ3v) is 2.18. The van der Waals surface area contributed by atoms with Crippen molar-refractivity contribution in [3.63, 3.8) is 0 Å². The van der Waals surface area contributed by atoms with E-state index in [4.69, 9.17) is 9.84 Å². The second kappa shape index (κ2) is 6.42. The lowest BCUT2D eigenvalue weighted by Crippen LogP contribution is -2.30. The van der Waals surface area contributed by atoms with Crippen LogP contribution in [-0.4, -0.2) is 30.8 Å². The standard InChI is InChI=1S/C10H12BrNO3/c11-8-1-3-9(4-2-8)15-6-5-12-10(14)7-13/h1-4,13H,5-7H2,(H,12,14). The van der Waals surface area contributed by atoms with Crippen LogP contribution in [-0.2, 0) is 4.79 Å². The van der Waals surface area contributed by atoms with Gasteiger partial charge in [0.05, 0.1) is 6.54 Å². The number of amides is 1. The monoisotopic (exact) mass is 273 g/mol. The number of aliphatic hydroxyl groups excluding tert-OH is 1. The summed E-state index contributed by atoms with van der Waals surface area (Å²) in [5.41, 5.74) is 0. The number of carbonyl (C=O) groups is 1. The van der Waals surface area contributed by atoms with Gasteiger partial charge in [0.2, 0.25) is 5.91 Å². The van der Waals surface area contributed by atoms with E-state index in [1.807, 2.05) is 24.3 Å². The molecule has 82 valence electrons. The Hall–Kier alpha value is -1.07. The van der Waals surface area contributed by atoms with Crippen LogP contribution in [0.2, 0.25) is 0 Å². The zero-order valence-electron chi connectivity index (χ0n) is 8.07. The minimum atomic E-state index is -0.488. The van der Waals surface area contributed by atoms with Crippen LogP contribution in [0.15, 0.2) is 28.7 Å². The number of ether oxygens (including phenoxy) is 1. The molecule has 2 N–H and O–H groups in total. The van der Waals surface area contributed by atoms with Gasteiger partial charge in [0.1, 0.15) is 19.0 Å². The lowest BCUT2D eigenvalue weighted by molar-refractivity contribution is -0.123. The van der Waals surface area contributed by atoms with Gasteiger partial charge in [0.15, 0.2) is 0 Å². The van der Waals surface area contributed by atoms with Gasteiger partial charge in [-0.3, -0.25) is 4.79 Å². The zero-order valence-corrected chi connectivity index (χ0v) is 9.66. The van der Waals surface area contributed by atoms with E-state index >= 15 is 0 Å². The Morgan fingerprint density at radius 1 is 1.40 bits per heavy atom. The van der Waals surface area contributed by atoms with Crippen LogP contribution in [0, 0.1) is 0 Å². The van der Waals surface area contributed by atoms with Gasteiger partial charge in [-0.05, 0) is 24.3 Å². The van der Waals surface area contributed by atoms with E-state index in [-0.39, 0.29) is 0 Å². The molecule has 0 saturated heterocycles. The third-order valence-electron chi connectivity index (χ3n) is 1.65. The number of carbonyl (C=O) groups excluding carboxylic acids is 1. The average Bonchev–Trinajstić information content (AvgIpc) is 2.26. The Morgan fingerprint density at radius 3 is 2.67 bits per heavy atom. The highest BCUT2D eigenvalue weighted by Crippen LogP contribution is 2.15. The van der Waals surface area contributed by atoms with Gasteiger partial charge >= 0.3 is 0 Å². The van der Waals surface area contributed by atoms with Gasteiger partial charge in [0, 0.05) is 4.47 Å². The molecule has 15 heavy (non-hydrogen) atoms. The number of hydrogen-bond acceptors (Lipinski definition) is 3. The summed E-state index contributed by atoms with van der Waals surface area (Å²) in [7, 11) is 0. The Morgan fingerprint density at radius 2 is 2.07 bits per heavy atom. The van der Waals surface area contributed by atoms with Crippen molar-refractivity contribution in [1.29, 1.82) is 0 Å². The van der Waals surface area contributed by atoms with Crippen LogP contribution in [0.25, 0.3) is 0 Å². The van der Waals surface area contributed by atoms with Gasteiger partial charge in [-0.25, -0.2) is 0 Å². The lowest BCUT2D eigenvalue weighted by atomic mass is 10.3. The van der Waals surface area contributed by atoms with Crippen LogP contribution >= 0.6 is 15.9 Å². The molecule has 0 atom stereocenters. The summed E-state index contributed by atoms with van der Waals surface area (Å²) in [6.45, 7) is 0.279. The van der Waals surface area contributed by atoms with Crippen molar-refractivity contribution in [2.45, 2.75) is 0 Å². The molecule has 1 amide bonds. The molecule has 0 bridgehead atoms. The normalized spacial score (nSPS) is 9.73. The average molecular weight is 274 g/mol. The Balaban J connectivity index is 2.20. The number of halogens is 1. The first-order valence-electron chi connectivity index (χ1n) is 4.48. The van der Waals surface area contributed by atoms with Crippen molar-refractivity contribution < 1.29 is 14.6 Å². The highest BCUT2D eigenvalue weighted by molar-refractivity contribution is 9.10. The van der Waals surface area contributed by atoms with Gasteiger partial charge < -0.3 is 15.2 Å². The van der Waals surface area contributed by atoms with E-state index in [0.717, 1.165) is 10.2 Å². The molecule has 1 aromatic carbocycles. The van der Waals surface area contributed by atoms with Crippen molar-refractivity contribution in [3.8, 4) is 5.75 Å². The van der Waals surface area contributed by atoms with Gasteiger partial charge in [-0.2, -0.15) is 0 Å². The predicted molar refractivity (Wildman–Crippen MR) is 59.7 cm³/mol. The topological polar surface area (TPSA) is 58.6 Å². The SMILES string of the molecule is O=C(CO)NCCOc1ccc(Br)cc1. The molecule has 0 saturated carbocycles. The van der Waals surface area contributed by atoms with Crippen LogP contribution < -0.4 is 10.1 Å². The molecule has 0 aliphatic carbocycles. The molecule has 0 unspecified atom stereocenters. The van der Waals surface area contributed by atoms with E-state index in [9.17, 15) is 4.79 Å². The number of aliphatic hydroxyl groups is 1. The Kier molecular flexibility index (Phi) is 5.14. The van der Waals surface area contributed by atoms with Crippen molar-refractivity contribution in [3.05, 3.63) is 28.7 Å². The van der Waals surface area contributed by atoms with Gasteiger partial charge in [-0.1, -0.05) is 15.9 Å². The molecule has 1 rings (SSSR count). The maximum absolute atomic E-state index is 10.6. The predicted octanol–water partition coefficient (Wildman–Crippen LogP) is 0.936. The summed E-state index contributed by atoms with van der Waals surface area (Å²) in [5, 5.41) is 10.9. The highest BCUT2D eigenvalue weighted by atomic mass is 79.9. The molecule has 0 spiro atoms. The van der Waals surface area contributed by atoms with Crippen molar-refractivity contribution in [2.24, 2.45) is 0 Å². The van der Waals surface area contributed by atoms with Crippen LogP contribution in [0.3, 0.4) is 0 Å². The second-order valence-corrected chi connectivity index (χ2v) is 3.73. The molecule has 4 nitrogen and oxygen atoms in total. The first-order valence-corrected chi connectivity index (χ1v) is 5.27. The fourth-order valence-electron chi connectivity index (χ4n) is 0.946. The summed E-state index contributed by atoms with van der Waals surface area (Å²) < 4.78 is 6.33. The van der Waals surface area contributed by atoms with Crippen molar-refractivity contribution >= 4 is 21.8 Å². The number of hydrogen-bond donors (Lipinski definition) is 2. The Labute approximate surface area is 96.4 Å². The van der Waals surface area contributed by atoms with Crippen LogP contribution in [0.1, 0.15) is 0 Å². The molecule has 0 fully saturated rings. The minimum Gasteiger partial charge on any atom is -0.492 e. The largest absolute Gasteiger partial charge is 0.492 e. The summed E-state index contributed by atoms with van der Waals surface area (Å²) in [4.78, 5) is 10.6. The highest BCUT2D eigenvalue weighted by Gasteiger charge is 1.97. The molecule has 5 heteroatoms. The van der Waals surface area contributed by atoms with E-state index in [1.165, 1.54) is 0 Å². The van der Waals surface area contributed by atoms with E-state index < -0.39 is 12.5 Å². The van der Waals surface area contributed by atoms with E-state index in [1.54, 1.807) is 0 Å². The lowest BCUT2D eigenvalue weighted by Gasteiger charge is -2.06. The molecule has 0 aliphatic heterocycles. The molecule has 1 aromatic rings. The minimum absolute atomic E-state index is 0.382. The van der Waals surface area contributed by atoms with Crippen LogP contribution in [0.5, 0.6) is 5.75 Å². The third kappa shape index (κ3) is 4.80. The second-order valence-electron chi connectivity index (χ2n) is 2.81. The maximum atomic E-state index is 10.6. The quantitative estimate of drug-likeness (QED) is 0.785. The fourth-order valence-corrected chi connectivity index (χ4v) is 1.21. The molecule has 0 aliphatic rings. The summed E-state index contributed by atoms with van der Waals surface area (Å²) in [5.74, 6) is 0.353. The zero-order chi connectivity index (χ0) is 11.1. The molecular formula is C10H12BrNO3. The molecule has 0 radical (unpaired) electrons.